The van der Waals surface area contributed by atoms with Crippen LogP contribution in [-0.4, -0.2) is 22.2 Å². The molecule has 0 aromatic rings. The van der Waals surface area contributed by atoms with Gasteiger partial charge in [0.2, 0.25) is 0 Å². The summed E-state index contributed by atoms with van der Waals surface area (Å²) in [6.45, 7) is 3.86. The van der Waals surface area contributed by atoms with Gasteiger partial charge in [-0.15, -0.1) is 0 Å². The SMILES string of the molecule is CCC(=O)O.CCCCCCCCCCCCCC=CC=CC(=O)O. The minimum Gasteiger partial charge on any atom is -0.481 e. The standard InChI is InChI=1S/C18H32O2.C3H6O2/c1-2-3-4-5-6-7-8-9-10-11-12-13-14-15-16-17-18(19)20;1-2-3(4)5/h14-17H,2-13H2,1H3,(H,19,20);2H2,1H3,(H,4,5). The van der Waals surface area contributed by atoms with E-state index in [1.165, 1.54) is 70.6 Å². The van der Waals surface area contributed by atoms with Crippen molar-refractivity contribution in [1.29, 1.82) is 0 Å². The summed E-state index contributed by atoms with van der Waals surface area (Å²) in [7, 11) is 0. The lowest BCUT2D eigenvalue weighted by molar-refractivity contribution is -0.136. The Bertz CT molecular complexity index is 359. The number of carboxylic acid groups (broad SMARTS) is 2. The van der Waals surface area contributed by atoms with E-state index in [9.17, 15) is 9.59 Å². The van der Waals surface area contributed by atoms with Crippen LogP contribution < -0.4 is 0 Å². The molecule has 0 aliphatic carbocycles. The van der Waals surface area contributed by atoms with Gasteiger partial charge in [0.15, 0.2) is 0 Å². The monoisotopic (exact) mass is 354 g/mol. The van der Waals surface area contributed by atoms with Gasteiger partial charge in [0.25, 0.3) is 0 Å². The maximum absolute atomic E-state index is 10.2. The third-order valence-corrected chi connectivity index (χ3v) is 3.76. The van der Waals surface area contributed by atoms with Crippen molar-refractivity contribution in [1.82, 2.24) is 0 Å². The molecule has 0 atom stereocenters. The predicted octanol–water partition coefficient (Wildman–Crippen LogP) is 6.37. The Morgan fingerprint density at radius 3 is 1.56 bits per heavy atom. The molecule has 0 heterocycles. The summed E-state index contributed by atoms with van der Waals surface area (Å²) in [6, 6.07) is 0. The summed E-state index contributed by atoms with van der Waals surface area (Å²) in [5.41, 5.74) is 0. The topological polar surface area (TPSA) is 74.6 Å². The first-order chi connectivity index (χ1) is 12.0. The Morgan fingerprint density at radius 1 is 0.720 bits per heavy atom. The van der Waals surface area contributed by atoms with Gasteiger partial charge in [-0.2, -0.15) is 0 Å². The number of unbranched alkanes of at least 4 members (excludes halogenated alkanes) is 11. The van der Waals surface area contributed by atoms with E-state index < -0.39 is 11.9 Å². The summed E-state index contributed by atoms with van der Waals surface area (Å²) < 4.78 is 0. The van der Waals surface area contributed by atoms with E-state index in [2.05, 4.69) is 6.92 Å². The number of hydrogen-bond acceptors (Lipinski definition) is 2. The van der Waals surface area contributed by atoms with Crippen LogP contribution in [0.1, 0.15) is 97.3 Å². The molecule has 146 valence electrons. The first-order valence-electron chi connectivity index (χ1n) is 9.82. The normalized spacial score (nSPS) is 10.8. The molecule has 0 aliphatic heterocycles. The highest BCUT2D eigenvalue weighted by atomic mass is 16.4. The second-order valence-corrected chi connectivity index (χ2v) is 6.20. The van der Waals surface area contributed by atoms with Crippen LogP contribution in [0.25, 0.3) is 0 Å². The number of allylic oxidation sites excluding steroid dienone is 3. The van der Waals surface area contributed by atoms with Crippen molar-refractivity contribution in [2.24, 2.45) is 0 Å². The van der Waals surface area contributed by atoms with Crippen molar-refractivity contribution in [3.63, 3.8) is 0 Å². The minimum absolute atomic E-state index is 0.222. The van der Waals surface area contributed by atoms with E-state index in [1.807, 2.05) is 12.2 Å². The summed E-state index contributed by atoms with van der Waals surface area (Å²) in [5, 5.41) is 16.1. The van der Waals surface area contributed by atoms with Gasteiger partial charge in [-0.25, -0.2) is 4.79 Å². The van der Waals surface area contributed by atoms with Gasteiger partial charge >= 0.3 is 11.9 Å². The average Bonchev–Trinajstić information content (AvgIpc) is 2.58. The van der Waals surface area contributed by atoms with Crippen molar-refractivity contribution in [2.45, 2.75) is 97.3 Å². The van der Waals surface area contributed by atoms with E-state index >= 15 is 0 Å². The van der Waals surface area contributed by atoms with E-state index in [0.717, 1.165) is 12.5 Å². The second kappa shape index (κ2) is 22.4. The molecule has 25 heavy (non-hydrogen) atoms. The number of rotatable bonds is 15. The molecule has 4 nitrogen and oxygen atoms in total. The van der Waals surface area contributed by atoms with Crippen molar-refractivity contribution in [2.75, 3.05) is 0 Å². The Kier molecular flexibility index (Phi) is 23.0. The van der Waals surface area contributed by atoms with E-state index in [0.29, 0.717) is 0 Å². The average molecular weight is 355 g/mol. The lowest BCUT2D eigenvalue weighted by Crippen LogP contribution is -1.86. The second-order valence-electron chi connectivity index (χ2n) is 6.20. The van der Waals surface area contributed by atoms with E-state index in [4.69, 9.17) is 10.2 Å². The molecule has 0 spiro atoms. The summed E-state index contributed by atoms with van der Waals surface area (Å²) >= 11 is 0. The first kappa shape index (κ1) is 25.7. The quantitative estimate of drug-likeness (QED) is 0.204. The minimum atomic E-state index is -0.885. The largest absolute Gasteiger partial charge is 0.481 e. The van der Waals surface area contributed by atoms with Crippen LogP contribution in [0, 0.1) is 0 Å². The molecule has 0 bridgehead atoms. The van der Waals surface area contributed by atoms with Gasteiger partial charge in [0, 0.05) is 12.5 Å². The maximum Gasteiger partial charge on any atom is 0.328 e. The summed E-state index contributed by atoms with van der Waals surface area (Å²) in [4.78, 5) is 19.6. The third-order valence-electron chi connectivity index (χ3n) is 3.76. The Labute approximate surface area is 154 Å². The van der Waals surface area contributed by atoms with Crippen LogP contribution in [0.15, 0.2) is 24.3 Å². The molecule has 0 aromatic carbocycles. The molecule has 4 heteroatoms. The number of hydrogen-bond donors (Lipinski definition) is 2. The van der Waals surface area contributed by atoms with Crippen LogP contribution in [0.3, 0.4) is 0 Å². The van der Waals surface area contributed by atoms with Crippen molar-refractivity contribution >= 4 is 11.9 Å². The predicted molar refractivity (Wildman–Crippen MR) is 105 cm³/mol. The van der Waals surface area contributed by atoms with Crippen LogP contribution in [-0.2, 0) is 9.59 Å². The van der Waals surface area contributed by atoms with E-state index in [-0.39, 0.29) is 6.42 Å². The number of carbonyl (C=O) groups is 2. The molecule has 0 fully saturated rings. The first-order valence-corrected chi connectivity index (χ1v) is 9.82. The highest BCUT2D eigenvalue weighted by Gasteiger charge is 1.92. The Hall–Kier alpha value is -1.58. The van der Waals surface area contributed by atoms with Crippen molar-refractivity contribution in [3.8, 4) is 0 Å². The zero-order valence-corrected chi connectivity index (χ0v) is 16.2. The van der Waals surface area contributed by atoms with Gasteiger partial charge in [-0.05, 0) is 12.8 Å². The third kappa shape index (κ3) is 30.8. The molecule has 0 aliphatic rings. The molecule has 0 radical (unpaired) electrons. The number of carboxylic acids is 2. The fraction of sp³-hybridized carbons (Fsp3) is 0.714. The van der Waals surface area contributed by atoms with E-state index in [1.54, 1.807) is 13.0 Å². The van der Waals surface area contributed by atoms with Gasteiger partial charge in [-0.1, -0.05) is 96.3 Å². The molecule has 0 aromatic heterocycles. The molecule has 0 amide bonds. The van der Waals surface area contributed by atoms with Crippen molar-refractivity contribution < 1.29 is 19.8 Å². The fourth-order valence-electron chi connectivity index (χ4n) is 2.24. The van der Waals surface area contributed by atoms with Gasteiger partial charge < -0.3 is 10.2 Å². The lowest BCUT2D eigenvalue weighted by atomic mass is 10.1. The highest BCUT2D eigenvalue weighted by molar-refractivity contribution is 5.80. The lowest BCUT2D eigenvalue weighted by Gasteiger charge is -2.01. The van der Waals surface area contributed by atoms with Crippen LogP contribution in [0.4, 0.5) is 0 Å². The molecule has 0 saturated heterocycles. The Morgan fingerprint density at radius 2 is 1.16 bits per heavy atom. The van der Waals surface area contributed by atoms with Crippen molar-refractivity contribution in [3.05, 3.63) is 24.3 Å². The molecular formula is C21H38O4. The maximum atomic E-state index is 10.2. The van der Waals surface area contributed by atoms with Crippen LogP contribution in [0.2, 0.25) is 0 Å². The summed E-state index contributed by atoms with van der Waals surface area (Å²) in [6.07, 6.45) is 22.9. The molecule has 0 unspecified atom stereocenters. The van der Waals surface area contributed by atoms with Gasteiger partial charge in [0.05, 0.1) is 0 Å². The Balaban J connectivity index is 0. The van der Waals surface area contributed by atoms with Crippen LogP contribution in [0.5, 0.6) is 0 Å². The van der Waals surface area contributed by atoms with Gasteiger partial charge in [0.1, 0.15) is 0 Å². The zero-order valence-electron chi connectivity index (χ0n) is 16.2. The molecule has 2 N–H and O–H groups in total. The fourth-order valence-corrected chi connectivity index (χ4v) is 2.24. The molecular weight excluding hydrogens is 316 g/mol. The summed E-state index contributed by atoms with van der Waals surface area (Å²) in [5.74, 6) is -1.63. The molecule has 0 saturated carbocycles. The zero-order chi connectivity index (χ0) is 19.2. The van der Waals surface area contributed by atoms with Gasteiger partial charge in [-0.3, -0.25) is 4.79 Å². The highest BCUT2D eigenvalue weighted by Crippen LogP contribution is 2.11. The van der Waals surface area contributed by atoms with Crippen LogP contribution >= 0.6 is 0 Å². The molecule has 0 rings (SSSR count). The smallest absolute Gasteiger partial charge is 0.328 e. The number of aliphatic carboxylic acids is 2.